The van der Waals surface area contributed by atoms with Crippen LogP contribution in [0.25, 0.3) is 32.8 Å². The molecule has 1 aliphatic rings. The van der Waals surface area contributed by atoms with E-state index in [0.29, 0.717) is 33.3 Å². The van der Waals surface area contributed by atoms with Crippen molar-refractivity contribution >= 4 is 79.6 Å². The molecule has 5 N–H and O–H groups in total. The lowest BCUT2D eigenvalue weighted by molar-refractivity contribution is -0.141. The number of para-hydroxylation sites is 1. The van der Waals surface area contributed by atoms with Crippen molar-refractivity contribution in [3.8, 4) is 11.5 Å². The maximum atomic E-state index is 14.5. The Bertz CT molecular complexity index is 2600. The Morgan fingerprint density at radius 1 is 1.03 bits per heavy atom. The predicted molar refractivity (Wildman–Crippen MR) is 205 cm³/mol. The Hall–Kier alpha value is -6.24. The van der Waals surface area contributed by atoms with Gasteiger partial charge in [0.25, 0.3) is 11.8 Å². The molecule has 3 aromatic carbocycles. The molecule has 6 aromatic rings. The molecule has 0 saturated carbocycles. The van der Waals surface area contributed by atoms with E-state index in [1.54, 1.807) is 42.5 Å². The molecule has 0 spiro atoms. The van der Waals surface area contributed by atoms with Crippen LogP contribution in [0.2, 0.25) is 0 Å². The fourth-order valence-electron chi connectivity index (χ4n) is 7.24. The molecule has 0 fully saturated rings. The molecule has 3 aromatic heterocycles. The lowest BCUT2D eigenvalue weighted by atomic mass is 9.95. The van der Waals surface area contributed by atoms with Gasteiger partial charge in [-0.2, -0.15) is 13.2 Å². The SMILES string of the molecule is CCN(C(=O)Oc1cc2c(c3c(C(=O)OC)c(C(F)(F)F)[nH]c13)[C@H](CCl)CN2C(=O)c1cc2cc(NC(=O)c3cc4cccc(OC)c4o3)ccc2[nH]1)C(CO)CO. The van der Waals surface area contributed by atoms with Crippen molar-refractivity contribution in [1.82, 2.24) is 14.9 Å². The molecule has 4 heterocycles. The van der Waals surface area contributed by atoms with E-state index in [1.165, 1.54) is 31.1 Å². The molecule has 0 radical (unpaired) electrons. The van der Waals surface area contributed by atoms with Crippen LogP contribution in [0.3, 0.4) is 0 Å². The number of esters is 1. The average Bonchev–Trinajstić information content (AvgIpc) is 4.01. The average molecular weight is 826 g/mol. The van der Waals surface area contributed by atoms with Crippen LogP contribution in [0, 0.1) is 0 Å². The number of furan rings is 1. The molecule has 304 valence electrons. The van der Waals surface area contributed by atoms with Gasteiger partial charge in [-0.15, -0.1) is 11.6 Å². The Morgan fingerprint density at radius 2 is 1.79 bits per heavy atom. The van der Waals surface area contributed by atoms with Gasteiger partial charge in [0.2, 0.25) is 0 Å². The van der Waals surface area contributed by atoms with E-state index < -0.39 is 77.8 Å². The number of aliphatic hydroxyl groups is 2. The number of carbonyl (C=O) groups is 4. The highest BCUT2D eigenvalue weighted by atomic mass is 35.5. The molecule has 1 atom stereocenters. The molecule has 3 amide bonds. The Morgan fingerprint density at radius 3 is 2.45 bits per heavy atom. The third kappa shape index (κ3) is 6.92. The Balaban J connectivity index is 1.28. The normalized spacial score (nSPS) is 14.0. The number of H-pyrrole nitrogens is 2. The lowest BCUT2D eigenvalue weighted by Gasteiger charge is -2.27. The maximum Gasteiger partial charge on any atom is 0.432 e. The molecule has 19 heteroatoms. The number of methoxy groups -OCH3 is 2. The highest BCUT2D eigenvalue weighted by Crippen LogP contribution is 2.50. The standard InChI is InChI=1S/C39H35ClF3N5O10/c1-4-47(22(16-49)17-50)38(54)58-27-13-25-29(30-31(37(53)56-3)34(39(41,42)43)46-32(27)30)20(14-40)15-48(25)36(52)24-11-19-10-21(8-9-23(19)45-24)44-35(51)28-12-18-6-5-7-26(55-2)33(18)57-28/h5-13,20,22,45-46,49-50H,4,14-17H2,1-3H3,(H,44,51)/t20-/m1/s1. The van der Waals surface area contributed by atoms with E-state index in [-0.39, 0.29) is 47.1 Å². The van der Waals surface area contributed by atoms with Gasteiger partial charge in [-0.3, -0.25) is 9.59 Å². The number of rotatable bonds is 11. The highest BCUT2D eigenvalue weighted by molar-refractivity contribution is 6.20. The first-order valence-corrected chi connectivity index (χ1v) is 18.3. The molecule has 58 heavy (non-hydrogen) atoms. The number of likely N-dealkylation sites (N-methyl/N-ethyl adjacent to an activating group) is 1. The van der Waals surface area contributed by atoms with Crippen LogP contribution < -0.4 is 19.7 Å². The van der Waals surface area contributed by atoms with Crippen molar-refractivity contribution in [2.24, 2.45) is 0 Å². The number of amides is 3. The summed E-state index contributed by atoms with van der Waals surface area (Å²) in [5.74, 6) is -3.52. The summed E-state index contributed by atoms with van der Waals surface area (Å²) in [5.41, 5.74) is -1.34. The van der Waals surface area contributed by atoms with Crippen molar-refractivity contribution in [3.05, 3.63) is 82.9 Å². The summed E-state index contributed by atoms with van der Waals surface area (Å²) in [4.78, 5) is 61.5. The van der Waals surface area contributed by atoms with Crippen molar-refractivity contribution in [2.75, 3.05) is 56.6 Å². The molecular weight excluding hydrogens is 791 g/mol. The van der Waals surface area contributed by atoms with Gasteiger partial charge in [-0.1, -0.05) is 12.1 Å². The molecule has 0 bridgehead atoms. The molecule has 7 rings (SSSR count). The minimum atomic E-state index is -5.11. The van der Waals surface area contributed by atoms with Crippen LogP contribution in [-0.4, -0.2) is 101 Å². The van der Waals surface area contributed by atoms with Crippen molar-refractivity contribution in [3.63, 3.8) is 0 Å². The van der Waals surface area contributed by atoms with Crippen LogP contribution in [0.1, 0.15) is 55.5 Å². The smallest absolute Gasteiger partial charge is 0.432 e. The zero-order valence-electron chi connectivity index (χ0n) is 31.0. The molecular formula is C39H35ClF3N5O10. The van der Waals surface area contributed by atoms with Gasteiger partial charge in [-0.05, 0) is 48.9 Å². The minimum Gasteiger partial charge on any atom is -0.493 e. The van der Waals surface area contributed by atoms with Gasteiger partial charge in [0.05, 0.1) is 50.2 Å². The van der Waals surface area contributed by atoms with E-state index in [0.717, 1.165) is 12.0 Å². The number of aromatic amines is 2. The monoisotopic (exact) mass is 825 g/mol. The first kappa shape index (κ1) is 40.0. The Kier molecular flexibility index (Phi) is 10.8. The summed E-state index contributed by atoms with van der Waals surface area (Å²) < 4.78 is 65.1. The number of carbonyl (C=O) groups excluding carboxylic acids is 4. The van der Waals surface area contributed by atoms with Crippen molar-refractivity contribution in [1.29, 1.82) is 0 Å². The summed E-state index contributed by atoms with van der Waals surface area (Å²) in [6.45, 7) is 0.0200. The quantitative estimate of drug-likeness (QED) is 0.0699. The number of fused-ring (bicyclic) bond motifs is 5. The summed E-state index contributed by atoms with van der Waals surface area (Å²) in [6, 6.07) is 13.3. The number of alkyl halides is 4. The van der Waals surface area contributed by atoms with Crippen LogP contribution >= 0.6 is 11.6 Å². The first-order chi connectivity index (χ1) is 27.8. The molecule has 0 aliphatic carbocycles. The number of nitrogens with one attached hydrogen (secondary N) is 3. The predicted octanol–water partition coefficient (Wildman–Crippen LogP) is 6.62. The molecule has 0 unspecified atom stereocenters. The van der Waals surface area contributed by atoms with E-state index in [2.05, 4.69) is 15.3 Å². The Labute approximate surface area is 331 Å². The summed E-state index contributed by atoms with van der Waals surface area (Å²) in [7, 11) is 2.40. The fraction of sp³-hybridized carbons (Fsp3) is 0.282. The molecule has 0 saturated heterocycles. The topological polar surface area (TPSA) is 200 Å². The van der Waals surface area contributed by atoms with Crippen LogP contribution in [0.5, 0.6) is 11.5 Å². The van der Waals surface area contributed by atoms with E-state index >= 15 is 0 Å². The first-order valence-electron chi connectivity index (χ1n) is 17.7. The van der Waals surface area contributed by atoms with E-state index in [4.69, 9.17) is 30.2 Å². The summed E-state index contributed by atoms with van der Waals surface area (Å²) >= 11 is 6.39. The zero-order chi connectivity index (χ0) is 41.6. The van der Waals surface area contributed by atoms with Crippen molar-refractivity contribution in [2.45, 2.75) is 25.1 Å². The second-order valence-electron chi connectivity index (χ2n) is 13.3. The van der Waals surface area contributed by atoms with Crippen molar-refractivity contribution < 1.29 is 61.2 Å². The molecule has 1 aliphatic heterocycles. The van der Waals surface area contributed by atoms with E-state index in [1.807, 2.05) is 0 Å². The largest absolute Gasteiger partial charge is 0.493 e. The summed E-state index contributed by atoms with van der Waals surface area (Å²) in [6.07, 6.45) is -6.25. The number of hydrogen-bond acceptors (Lipinski definition) is 10. The number of hydrogen-bond donors (Lipinski definition) is 5. The number of anilines is 2. The number of benzene rings is 3. The second-order valence-corrected chi connectivity index (χ2v) is 13.6. The van der Waals surface area contributed by atoms with Crippen LogP contribution in [0.4, 0.5) is 29.3 Å². The van der Waals surface area contributed by atoms with Gasteiger partial charge in [0, 0.05) is 58.3 Å². The zero-order valence-corrected chi connectivity index (χ0v) is 31.7. The number of aromatic nitrogens is 2. The van der Waals surface area contributed by atoms with Crippen LogP contribution in [0.15, 0.2) is 59.0 Å². The minimum absolute atomic E-state index is 0.00168. The number of halogens is 4. The van der Waals surface area contributed by atoms with Crippen LogP contribution in [-0.2, 0) is 10.9 Å². The number of aliphatic hydroxyl groups excluding tert-OH is 2. The van der Waals surface area contributed by atoms with E-state index in [9.17, 15) is 42.6 Å². The second kappa shape index (κ2) is 15.6. The van der Waals surface area contributed by atoms with Gasteiger partial charge >= 0.3 is 18.2 Å². The van der Waals surface area contributed by atoms with Gasteiger partial charge in [0.1, 0.15) is 11.4 Å². The third-order valence-corrected chi connectivity index (χ3v) is 10.3. The fourth-order valence-corrected chi connectivity index (χ4v) is 7.49. The number of ether oxygens (including phenoxy) is 3. The summed E-state index contributed by atoms with van der Waals surface area (Å²) in [5, 5.41) is 23.1. The van der Waals surface area contributed by atoms with Gasteiger partial charge in [-0.25, -0.2) is 9.59 Å². The molecule has 15 nitrogen and oxygen atoms in total. The van der Waals surface area contributed by atoms with Gasteiger partial charge in [0.15, 0.2) is 22.8 Å². The third-order valence-electron chi connectivity index (χ3n) is 9.96. The maximum absolute atomic E-state index is 14.5. The van der Waals surface area contributed by atoms with Gasteiger partial charge < -0.3 is 53.9 Å². The lowest BCUT2D eigenvalue weighted by Crippen LogP contribution is -2.45. The number of nitrogens with zero attached hydrogens (tertiary/aromatic N) is 2. The highest BCUT2D eigenvalue weighted by Gasteiger charge is 2.44.